The molecule has 1 N–H and O–H groups in total. The molecule has 0 amide bonds. The number of aromatic nitrogens is 2. The van der Waals surface area contributed by atoms with E-state index in [-0.39, 0.29) is 0 Å². The summed E-state index contributed by atoms with van der Waals surface area (Å²) >= 11 is 6.41. The molecule has 0 atom stereocenters. The number of aromatic amines is 1. The molecule has 0 fully saturated rings. The second-order valence-corrected chi connectivity index (χ2v) is 5.19. The summed E-state index contributed by atoms with van der Waals surface area (Å²) in [7, 11) is 0. The number of nitrogens with one attached hydrogen (secondary N) is 1. The van der Waals surface area contributed by atoms with Gasteiger partial charge in [0, 0.05) is 5.56 Å². The first-order chi connectivity index (χ1) is 9.81. The van der Waals surface area contributed by atoms with Gasteiger partial charge in [0.2, 0.25) is 0 Å². The number of nitrogens with zero attached hydrogens (tertiary/aromatic N) is 1. The fraction of sp³-hybridized carbons (Fsp3) is 0. The predicted molar refractivity (Wildman–Crippen MR) is 84.0 cm³/mol. The number of hydrogen-bond acceptors (Lipinski definition) is 1. The molecule has 0 unspecified atom stereocenters. The molecule has 0 radical (unpaired) electrons. The van der Waals surface area contributed by atoms with E-state index in [1.807, 2.05) is 42.5 Å². The van der Waals surface area contributed by atoms with E-state index in [0.29, 0.717) is 5.02 Å². The number of halogens is 1. The largest absolute Gasteiger partial charge is 0.338 e. The van der Waals surface area contributed by atoms with Crippen LogP contribution in [0, 0.1) is 0 Å². The summed E-state index contributed by atoms with van der Waals surface area (Å²) in [6.07, 6.45) is 0. The molecular weight excluding hydrogens is 268 g/mol. The van der Waals surface area contributed by atoms with Crippen LogP contribution in [-0.2, 0) is 0 Å². The molecule has 20 heavy (non-hydrogen) atoms. The molecule has 0 aliphatic carbocycles. The Bertz CT molecular complexity index is 891. The van der Waals surface area contributed by atoms with Crippen LogP contribution in [-0.4, -0.2) is 9.97 Å². The van der Waals surface area contributed by atoms with E-state index in [2.05, 4.69) is 28.2 Å². The quantitative estimate of drug-likeness (QED) is 0.519. The van der Waals surface area contributed by atoms with Crippen LogP contribution in [0.15, 0.2) is 60.7 Å². The minimum absolute atomic E-state index is 0.711. The standard InChI is InChI=1S/C17H11ClN2/c18-14-10-12-6-2-1-5-11(12)9-13(14)17-19-15-7-3-4-8-16(15)20-17/h1-10H,(H,19,20). The van der Waals surface area contributed by atoms with Gasteiger partial charge in [0.05, 0.1) is 16.1 Å². The number of fused-ring (bicyclic) bond motifs is 2. The van der Waals surface area contributed by atoms with Crippen LogP contribution in [0.25, 0.3) is 33.2 Å². The Labute approximate surface area is 121 Å². The highest BCUT2D eigenvalue weighted by atomic mass is 35.5. The Morgan fingerprint density at radius 3 is 2.35 bits per heavy atom. The third kappa shape index (κ3) is 1.77. The SMILES string of the molecule is Clc1cc2ccccc2cc1-c1nc2ccccc2[nH]1. The van der Waals surface area contributed by atoms with Crippen molar-refractivity contribution in [3.8, 4) is 11.4 Å². The van der Waals surface area contributed by atoms with E-state index in [9.17, 15) is 0 Å². The van der Waals surface area contributed by atoms with Crippen molar-refractivity contribution in [1.29, 1.82) is 0 Å². The zero-order chi connectivity index (χ0) is 13.5. The van der Waals surface area contributed by atoms with E-state index < -0.39 is 0 Å². The molecule has 0 aliphatic rings. The van der Waals surface area contributed by atoms with Crippen molar-refractivity contribution in [2.45, 2.75) is 0 Å². The molecule has 3 aromatic carbocycles. The highest BCUT2D eigenvalue weighted by Gasteiger charge is 2.10. The summed E-state index contributed by atoms with van der Waals surface area (Å²) in [6.45, 7) is 0. The Morgan fingerprint density at radius 2 is 1.55 bits per heavy atom. The Hall–Kier alpha value is -2.32. The van der Waals surface area contributed by atoms with Gasteiger partial charge in [-0.2, -0.15) is 0 Å². The van der Waals surface area contributed by atoms with Gasteiger partial charge in [-0.3, -0.25) is 0 Å². The van der Waals surface area contributed by atoms with E-state index in [1.165, 1.54) is 0 Å². The van der Waals surface area contributed by atoms with Crippen molar-refractivity contribution in [3.63, 3.8) is 0 Å². The van der Waals surface area contributed by atoms with Crippen LogP contribution in [0.5, 0.6) is 0 Å². The molecule has 1 aromatic heterocycles. The fourth-order valence-corrected chi connectivity index (χ4v) is 2.74. The summed E-state index contributed by atoms with van der Waals surface area (Å²) in [4.78, 5) is 7.93. The third-order valence-electron chi connectivity index (χ3n) is 3.48. The molecule has 4 aromatic rings. The van der Waals surface area contributed by atoms with Gasteiger partial charge in [-0.25, -0.2) is 4.98 Å². The maximum atomic E-state index is 6.41. The van der Waals surface area contributed by atoms with Gasteiger partial charge in [-0.1, -0.05) is 48.0 Å². The lowest BCUT2D eigenvalue weighted by molar-refractivity contribution is 1.34. The van der Waals surface area contributed by atoms with Crippen LogP contribution < -0.4 is 0 Å². The number of benzene rings is 3. The lowest BCUT2D eigenvalue weighted by Crippen LogP contribution is -1.83. The number of imidazole rings is 1. The second kappa shape index (κ2) is 4.36. The van der Waals surface area contributed by atoms with E-state index in [4.69, 9.17) is 11.6 Å². The smallest absolute Gasteiger partial charge is 0.140 e. The monoisotopic (exact) mass is 278 g/mol. The topological polar surface area (TPSA) is 28.7 Å². The minimum atomic E-state index is 0.711. The third-order valence-corrected chi connectivity index (χ3v) is 3.79. The van der Waals surface area contributed by atoms with Gasteiger partial charge in [0.1, 0.15) is 5.82 Å². The molecule has 2 nitrogen and oxygen atoms in total. The van der Waals surface area contributed by atoms with E-state index in [1.54, 1.807) is 0 Å². The average Bonchev–Trinajstić information content (AvgIpc) is 2.90. The van der Waals surface area contributed by atoms with Crippen LogP contribution >= 0.6 is 11.6 Å². The molecule has 4 rings (SSSR count). The van der Waals surface area contributed by atoms with Crippen molar-refractivity contribution >= 4 is 33.4 Å². The summed E-state index contributed by atoms with van der Waals surface area (Å²) in [5.74, 6) is 0.807. The fourth-order valence-electron chi connectivity index (χ4n) is 2.47. The number of rotatable bonds is 1. The molecule has 0 aliphatic heterocycles. The maximum Gasteiger partial charge on any atom is 0.140 e. The first-order valence-corrected chi connectivity index (χ1v) is 6.82. The first-order valence-electron chi connectivity index (χ1n) is 6.45. The van der Waals surface area contributed by atoms with Gasteiger partial charge >= 0.3 is 0 Å². The minimum Gasteiger partial charge on any atom is -0.338 e. The molecule has 0 spiro atoms. The van der Waals surface area contributed by atoms with Crippen molar-refractivity contribution in [2.24, 2.45) is 0 Å². The summed E-state index contributed by atoms with van der Waals surface area (Å²) in [5, 5.41) is 3.01. The second-order valence-electron chi connectivity index (χ2n) is 4.78. The van der Waals surface area contributed by atoms with Crippen molar-refractivity contribution in [1.82, 2.24) is 9.97 Å². The van der Waals surface area contributed by atoms with Crippen LogP contribution in [0.3, 0.4) is 0 Å². The molecule has 1 heterocycles. The zero-order valence-electron chi connectivity index (χ0n) is 10.6. The zero-order valence-corrected chi connectivity index (χ0v) is 11.4. The molecule has 0 saturated heterocycles. The predicted octanol–water partition coefficient (Wildman–Crippen LogP) is 5.04. The van der Waals surface area contributed by atoms with Gasteiger partial charge in [0.15, 0.2) is 0 Å². The van der Waals surface area contributed by atoms with Gasteiger partial charge in [-0.05, 0) is 35.0 Å². The lowest BCUT2D eigenvalue weighted by atomic mass is 10.1. The average molecular weight is 279 g/mol. The maximum absolute atomic E-state index is 6.41. The lowest BCUT2D eigenvalue weighted by Gasteiger charge is -2.04. The van der Waals surface area contributed by atoms with Gasteiger partial charge in [-0.15, -0.1) is 0 Å². The number of hydrogen-bond donors (Lipinski definition) is 1. The highest BCUT2D eigenvalue weighted by Crippen LogP contribution is 2.31. The number of H-pyrrole nitrogens is 1. The van der Waals surface area contributed by atoms with Crippen molar-refractivity contribution < 1.29 is 0 Å². The van der Waals surface area contributed by atoms with Crippen LogP contribution in [0.1, 0.15) is 0 Å². The number of para-hydroxylation sites is 2. The Morgan fingerprint density at radius 1 is 0.850 bits per heavy atom. The van der Waals surface area contributed by atoms with Crippen molar-refractivity contribution in [2.75, 3.05) is 0 Å². The van der Waals surface area contributed by atoms with Gasteiger partial charge < -0.3 is 4.98 Å². The molecule has 0 bridgehead atoms. The van der Waals surface area contributed by atoms with E-state index >= 15 is 0 Å². The first kappa shape index (κ1) is 11.5. The van der Waals surface area contributed by atoms with Crippen LogP contribution in [0.4, 0.5) is 0 Å². The summed E-state index contributed by atoms with van der Waals surface area (Å²) < 4.78 is 0. The summed E-state index contributed by atoms with van der Waals surface area (Å²) in [6, 6.07) is 20.2. The normalized spacial score (nSPS) is 11.2. The van der Waals surface area contributed by atoms with Gasteiger partial charge in [0.25, 0.3) is 0 Å². The van der Waals surface area contributed by atoms with Crippen LogP contribution in [0.2, 0.25) is 5.02 Å². The summed E-state index contributed by atoms with van der Waals surface area (Å²) in [5.41, 5.74) is 2.90. The Kier molecular flexibility index (Phi) is 2.51. The molecule has 0 saturated carbocycles. The highest BCUT2D eigenvalue weighted by molar-refractivity contribution is 6.34. The molecule has 96 valence electrons. The van der Waals surface area contributed by atoms with E-state index in [0.717, 1.165) is 33.2 Å². The van der Waals surface area contributed by atoms with Crippen molar-refractivity contribution in [3.05, 3.63) is 65.7 Å². The molecule has 3 heteroatoms. The molecular formula is C17H11ClN2. The Balaban J connectivity index is 1.98.